The zero-order chi connectivity index (χ0) is 17.9. The number of fused-ring (bicyclic) bond motifs is 1. The van der Waals surface area contributed by atoms with Crippen molar-refractivity contribution in [3.63, 3.8) is 0 Å². The van der Waals surface area contributed by atoms with Crippen LogP contribution in [0.1, 0.15) is 21.1 Å². The fourth-order valence-electron chi connectivity index (χ4n) is 2.58. The average molecular weight is 368 g/mol. The van der Waals surface area contributed by atoms with Crippen LogP contribution < -0.4 is 19.5 Å². The number of rotatable bonds is 5. The number of aromatic nitrogens is 1. The van der Waals surface area contributed by atoms with E-state index >= 15 is 0 Å². The Kier molecular flexibility index (Phi) is 4.45. The topological polar surface area (TPSA) is 69.7 Å². The predicted molar refractivity (Wildman–Crippen MR) is 98.4 cm³/mol. The first-order chi connectivity index (χ1) is 12.7. The molecule has 1 aliphatic rings. The zero-order valence-electron chi connectivity index (χ0n) is 14.0. The Bertz CT molecular complexity index is 937. The van der Waals surface area contributed by atoms with E-state index in [1.54, 1.807) is 30.7 Å². The quantitative estimate of drug-likeness (QED) is 0.743. The molecule has 6 nitrogen and oxygen atoms in total. The normalized spacial score (nSPS) is 12.0. The van der Waals surface area contributed by atoms with E-state index in [9.17, 15) is 4.79 Å². The third kappa shape index (κ3) is 3.48. The molecule has 1 amide bonds. The van der Waals surface area contributed by atoms with Gasteiger partial charge in [0.1, 0.15) is 11.4 Å². The predicted octanol–water partition coefficient (Wildman–Crippen LogP) is 3.72. The molecule has 0 fully saturated rings. The molecule has 7 heteroatoms. The lowest BCUT2D eigenvalue weighted by Gasteiger charge is -2.04. The van der Waals surface area contributed by atoms with Gasteiger partial charge < -0.3 is 19.5 Å². The number of thiazole rings is 1. The molecule has 0 atom stereocenters. The van der Waals surface area contributed by atoms with Gasteiger partial charge in [0.2, 0.25) is 6.79 Å². The molecule has 1 N–H and O–H groups in total. The van der Waals surface area contributed by atoms with E-state index < -0.39 is 0 Å². The number of nitrogens with one attached hydrogen (secondary N) is 1. The van der Waals surface area contributed by atoms with Crippen LogP contribution in [-0.4, -0.2) is 24.8 Å². The summed E-state index contributed by atoms with van der Waals surface area (Å²) >= 11 is 1.47. The minimum atomic E-state index is -0.249. The number of carbonyl (C=O) groups is 1. The molecule has 0 saturated carbocycles. The Balaban J connectivity index is 1.42. The van der Waals surface area contributed by atoms with Gasteiger partial charge in [-0.2, -0.15) is 0 Å². The van der Waals surface area contributed by atoms with Crippen LogP contribution >= 0.6 is 11.3 Å². The Morgan fingerprint density at radius 2 is 2.00 bits per heavy atom. The summed E-state index contributed by atoms with van der Waals surface area (Å²) in [6, 6.07) is 13.1. The van der Waals surface area contributed by atoms with Crippen molar-refractivity contribution in [1.29, 1.82) is 0 Å². The molecule has 3 aromatic rings. The van der Waals surface area contributed by atoms with E-state index in [0.717, 1.165) is 16.3 Å². The summed E-state index contributed by atoms with van der Waals surface area (Å²) < 4.78 is 15.7. The molecule has 1 aromatic heterocycles. The molecule has 0 radical (unpaired) electrons. The fourth-order valence-corrected chi connectivity index (χ4v) is 3.39. The third-order valence-electron chi connectivity index (χ3n) is 3.93. The second-order valence-corrected chi connectivity index (χ2v) is 6.62. The van der Waals surface area contributed by atoms with Gasteiger partial charge >= 0.3 is 0 Å². The first-order valence-electron chi connectivity index (χ1n) is 7.99. The van der Waals surface area contributed by atoms with Gasteiger partial charge in [-0.3, -0.25) is 4.79 Å². The molecule has 0 spiro atoms. The summed E-state index contributed by atoms with van der Waals surface area (Å²) in [7, 11) is 1.64. The summed E-state index contributed by atoms with van der Waals surface area (Å²) in [5.74, 6) is 1.87. The number of benzene rings is 2. The van der Waals surface area contributed by atoms with Crippen LogP contribution in [0, 0.1) is 0 Å². The lowest BCUT2D eigenvalue weighted by Crippen LogP contribution is -2.12. The second-order valence-electron chi connectivity index (χ2n) is 5.67. The summed E-state index contributed by atoms with van der Waals surface area (Å²) in [6.45, 7) is 0.202. The van der Waals surface area contributed by atoms with Gasteiger partial charge in [0.05, 0.1) is 12.1 Å². The molecule has 0 unspecified atom stereocenters. The molecular weight excluding hydrogens is 352 g/mol. The molecule has 2 heterocycles. The van der Waals surface area contributed by atoms with E-state index in [-0.39, 0.29) is 12.7 Å². The Morgan fingerprint density at radius 1 is 1.19 bits per heavy atom. The number of ether oxygens (including phenoxy) is 3. The summed E-state index contributed by atoms with van der Waals surface area (Å²) in [5.41, 5.74) is 2.16. The van der Waals surface area contributed by atoms with E-state index in [4.69, 9.17) is 14.2 Å². The largest absolute Gasteiger partial charge is 0.497 e. The van der Waals surface area contributed by atoms with E-state index in [1.807, 2.05) is 24.3 Å². The molecule has 0 bridgehead atoms. The first kappa shape index (κ1) is 16.4. The molecule has 2 aromatic carbocycles. The molecule has 4 rings (SSSR count). The maximum Gasteiger partial charge on any atom is 0.275 e. The lowest BCUT2D eigenvalue weighted by molar-refractivity contribution is 0.102. The first-order valence-corrected chi connectivity index (χ1v) is 8.87. The van der Waals surface area contributed by atoms with Crippen LogP contribution in [0.5, 0.6) is 17.2 Å². The SMILES string of the molecule is COc1ccc(Cc2nc(C(=O)Nc3ccc4c(c3)OCO4)cs2)cc1. The molecule has 0 saturated heterocycles. The van der Waals surface area contributed by atoms with Crippen molar-refractivity contribution >= 4 is 22.9 Å². The minimum Gasteiger partial charge on any atom is -0.497 e. The molecule has 1 aliphatic heterocycles. The van der Waals surface area contributed by atoms with Crippen LogP contribution in [0.3, 0.4) is 0 Å². The maximum atomic E-state index is 12.4. The van der Waals surface area contributed by atoms with Crippen LogP contribution in [0.4, 0.5) is 5.69 Å². The van der Waals surface area contributed by atoms with Gasteiger partial charge in [-0.25, -0.2) is 4.98 Å². The van der Waals surface area contributed by atoms with Crippen molar-refractivity contribution in [2.45, 2.75) is 6.42 Å². The minimum absolute atomic E-state index is 0.202. The highest BCUT2D eigenvalue weighted by Gasteiger charge is 2.16. The highest BCUT2D eigenvalue weighted by Crippen LogP contribution is 2.34. The monoisotopic (exact) mass is 368 g/mol. The van der Waals surface area contributed by atoms with Crippen molar-refractivity contribution < 1.29 is 19.0 Å². The van der Waals surface area contributed by atoms with Crippen LogP contribution in [0.2, 0.25) is 0 Å². The van der Waals surface area contributed by atoms with Crippen molar-refractivity contribution in [3.05, 3.63) is 64.1 Å². The number of methoxy groups -OCH3 is 1. The van der Waals surface area contributed by atoms with Gasteiger partial charge in [-0.15, -0.1) is 11.3 Å². The number of hydrogen-bond donors (Lipinski definition) is 1. The summed E-state index contributed by atoms with van der Waals surface area (Å²) in [5, 5.41) is 5.48. The van der Waals surface area contributed by atoms with Crippen LogP contribution in [0.15, 0.2) is 47.8 Å². The second kappa shape index (κ2) is 7.05. The third-order valence-corrected chi connectivity index (χ3v) is 4.78. The fraction of sp³-hybridized carbons (Fsp3) is 0.158. The average Bonchev–Trinajstić information content (AvgIpc) is 3.31. The smallest absolute Gasteiger partial charge is 0.275 e. The molecule has 132 valence electrons. The van der Waals surface area contributed by atoms with E-state index in [0.29, 0.717) is 29.3 Å². The van der Waals surface area contributed by atoms with Crippen molar-refractivity contribution in [3.8, 4) is 17.2 Å². The van der Waals surface area contributed by atoms with Crippen molar-refractivity contribution in [1.82, 2.24) is 4.98 Å². The van der Waals surface area contributed by atoms with Crippen molar-refractivity contribution in [2.24, 2.45) is 0 Å². The number of amides is 1. The van der Waals surface area contributed by atoms with Gasteiger partial charge in [0.15, 0.2) is 11.5 Å². The van der Waals surface area contributed by atoms with E-state index in [2.05, 4.69) is 10.3 Å². The maximum absolute atomic E-state index is 12.4. The zero-order valence-corrected chi connectivity index (χ0v) is 14.8. The van der Waals surface area contributed by atoms with Crippen molar-refractivity contribution in [2.75, 3.05) is 19.2 Å². The van der Waals surface area contributed by atoms with Gasteiger partial charge in [0.25, 0.3) is 5.91 Å². The van der Waals surface area contributed by atoms with Crippen LogP contribution in [0.25, 0.3) is 0 Å². The number of anilines is 1. The Morgan fingerprint density at radius 3 is 2.81 bits per heavy atom. The Labute approximate surface area is 154 Å². The standard InChI is InChI=1S/C19H16N2O4S/c1-23-14-5-2-12(3-6-14)8-18-21-15(10-26-18)19(22)20-13-4-7-16-17(9-13)25-11-24-16/h2-7,9-10H,8,11H2,1H3,(H,20,22). The highest BCUT2D eigenvalue weighted by molar-refractivity contribution is 7.09. The van der Waals surface area contributed by atoms with Gasteiger partial charge in [-0.05, 0) is 29.8 Å². The lowest BCUT2D eigenvalue weighted by atomic mass is 10.1. The highest BCUT2D eigenvalue weighted by atomic mass is 32.1. The van der Waals surface area contributed by atoms with E-state index in [1.165, 1.54) is 11.3 Å². The summed E-state index contributed by atoms with van der Waals surface area (Å²) in [6.07, 6.45) is 0.673. The van der Waals surface area contributed by atoms with Gasteiger partial charge in [0, 0.05) is 23.6 Å². The number of hydrogen-bond acceptors (Lipinski definition) is 6. The molecule has 0 aliphatic carbocycles. The van der Waals surface area contributed by atoms with Crippen LogP contribution in [-0.2, 0) is 6.42 Å². The number of nitrogens with zero attached hydrogens (tertiary/aromatic N) is 1. The van der Waals surface area contributed by atoms with Gasteiger partial charge in [-0.1, -0.05) is 12.1 Å². The summed E-state index contributed by atoms with van der Waals surface area (Å²) in [4.78, 5) is 16.8. The molecular formula is C19H16N2O4S. The Hall–Kier alpha value is -3.06. The number of carbonyl (C=O) groups excluding carboxylic acids is 1. The molecule has 26 heavy (non-hydrogen) atoms.